The molecule has 90 valence electrons. The molecule has 0 bridgehead atoms. The van der Waals surface area contributed by atoms with Crippen LogP contribution in [0.2, 0.25) is 5.02 Å². The predicted octanol–water partition coefficient (Wildman–Crippen LogP) is 4.39. The van der Waals surface area contributed by atoms with Crippen molar-refractivity contribution in [3.8, 4) is 0 Å². The SMILES string of the molecule is Cc1cc2cc(Br)c(Cl)cc2cc1SOON. The first kappa shape index (κ1) is 13.1. The van der Waals surface area contributed by atoms with Gasteiger partial charge < -0.3 is 0 Å². The van der Waals surface area contributed by atoms with Gasteiger partial charge in [0.15, 0.2) is 0 Å². The molecule has 0 aromatic heterocycles. The maximum atomic E-state index is 6.05. The molecule has 6 heteroatoms. The van der Waals surface area contributed by atoms with Gasteiger partial charge in [-0.15, -0.1) is 9.32 Å². The van der Waals surface area contributed by atoms with Gasteiger partial charge in [-0.25, -0.2) is 0 Å². The Kier molecular flexibility index (Phi) is 4.30. The van der Waals surface area contributed by atoms with Crippen LogP contribution in [0.25, 0.3) is 10.8 Å². The Morgan fingerprint density at radius 1 is 1.24 bits per heavy atom. The molecule has 0 atom stereocenters. The van der Waals surface area contributed by atoms with E-state index in [2.05, 4.69) is 31.3 Å². The van der Waals surface area contributed by atoms with Crippen molar-refractivity contribution in [2.24, 2.45) is 5.90 Å². The lowest BCUT2D eigenvalue weighted by Gasteiger charge is -2.07. The summed E-state index contributed by atoms with van der Waals surface area (Å²) in [6.45, 7) is 1.99. The number of benzene rings is 2. The highest BCUT2D eigenvalue weighted by Crippen LogP contribution is 2.33. The summed E-state index contributed by atoms with van der Waals surface area (Å²) in [5.41, 5.74) is 1.08. The van der Waals surface area contributed by atoms with Crippen molar-refractivity contribution in [2.75, 3.05) is 0 Å². The second-order valence-corrected chi connectivity index (χ2v) is 5.48. The fourth-order valence-electron chi connectivity index (χ4n) is 1.53. The number of rotatable bonds is 3. The Morgan fingerprint density at radius 3 is 2.65 bits per heavy atom. The van der Waals surface area contributed by atoms with Gasteiger partial charge in [-0.2, -0.15) is 5.90 Å². The van der Waals surface area contributed by atoms with Crippen LogP contribution in [0, 0.1) is 6.92 Å². The Balaban J connectivity index is 2.51. The van der Waals surface area contributed by atoms with Gasteiger partial charge in [0.1, 0.15) is 0 Å². The van der Waals surface area contributed by atoms with Gasteiger partial charge in [-0.05, 0) is 57.4 Å². The molecule has 0 radical (unpaired) electrons. The molecular weight excluding hydrogens is 326 g/mol. The van der Waals surface area contributed by atoms with E-state index >= 15 is 0 Å². The number of aryl methyl sites for hydroxylation is 1. The van der Waals surface area contributed by atoms with Gasteiger partial charge in [-0.1, -0.05) is 17.7 Å². The molecule has 0 unspecified atom stereocenters. The van der Waals surface area contributed by atoms with E-state index in [9.17, 15) is 0 Å². The minimum Gasteiger partial charge on any atom is -0.182 e. The molecule has 0 aliphatic rings. The third-order valence-electron chi connectivity index (χ3n) is 2.34. The van der Waals surface area contributed by atoms with Gasteiger partial charge in [0.2, 0.25) is 0 Å². The van der Waals surface area contributed by atoms with E-state index in [0.717, 1.165) is 37.7 Å². The van der Waals surface area contributed by atoms with Crippen LogP contribution in [0.3, 0.4) is 0 Å². The van der Waals surface area contributed by atoms with E-state index in [-0.39, 0.29) is 0 Å². The van der Waals surface area contributed by atoms with Crippen molar-refractivity contribution in [1.29, 1.82) is 0 Å². The van der Waals surface area contributed by atoms with Crippen molar-refractivity contribution in [3.05, 3.63) is 39.3 Å². The zero-order chi connectivity index (χ0) is 12.4. The van der Waals surface area contributed by atoms with Gasteiger partial charge in [-0.3, -0.25) is 0 Å². The zero-order valence-electron chi connectivity index (χ0n) is 8.87. The molecule has 2 aromatic carbocycles. The van der Waals surface area contributed by atoms with E-state index in [0.29, 0.717) is 5.02 Å². The molecule has 2 N–H and O–H groups in total. The van der Waals surface area contributed by atoms with Gasteiger partial charge in [0, 0.05) is 9.37 Å². The van der Waals surface area contributed by atoms with Crippen LogP contribution in [0.1, 0.15) is 5.56 Å². The maximum absolute atomic E-state index is 6.05. The number of hydrogen-bond donors (Lipinski definition) is 1. The Bertz CT molecular complexity index is 565. The van der Waals surface area contributed by atoms with E-state index in [1.807, 2.05) is 25.1 Å². The molecule has 0 saturated carbocycles. The average molecular weight is 335 g/mol. The summed E-state index contributed by atoms with van der Waals surface area (Å²) in [6.07, 6.45) is 0. The largest absolute Gasteiger partial charge is 0.182 e. The molecule has 0 amide bonds. The molecule has 3 nitrogen and oxygen atoms in total. The molecule has 17 heavy (non-hydrogen) atoms. The summed E-state index contributed by atoms with van der Waals surface area (Å²) in [7, 11) is 0. The molecule has 0 heterocycles. The lowest BCUT2D eigenvalue weighted by Crippen LogP contribution is -1.94. The smallest absolute Gasteiger partial charge is 0.0705 e. The standard InChI is InChI=1S/C11H9BrClNO2S/c1-6-2-7-3-9(12)10(13)4-8(7)5-11(6)17-16-15-14/h2-5H,14H2,1H3. The van der Waals surface area contributed by atoms with Crippen LogP contribution in [0.5, 0.6) is 0 Å². The zero-order valence-corrected chi connectivity index (χ0v) is 12.0. The van der Waals surface area contributed by atoms with Crippen LogP contribution in [-0.2, 0) is 9.32 Å². The molecule has 0 aliphatic heterocycles. The van der Waals surface area contributed by atoms with Crippen molar-refractivity contribution in [3.63, 3.8) is 0 Å². The van der Waals surface area contributed by atoms with Crippen LogP contribution < -0.4 is 5.90 Å². The Labute approximate surface area is 116 Å². The van der Waals surface area contributed by atoms with Gasteiger partial charge >= 0.3 is 0 Å². The van der Waals surface area contributed by atoms with Crippen molar-refractivity contribution in [2.45, 2.75) is 11.8 Å². The van der Waals surface area contributed by atoms with Crippen LogP contribution >= 0.6 is 39.6 Å². The van der Waals surface area contributed by atoms with E-state index in [1.54, 1.807) is 0 Å². The second kappa shape index (κ2) is 5.56. The Morgan fingerprint density at radius 2 is 1.94 bits per heavy atom. The normalized spacial score (nSPS) is 11.1. The third kappa shape index (κ3) is 2.93. The predicted molar refractivity (Wildman–Crippen MR) is 73.6 cm³/mol. The first-order chi connectivity index (χ1) is 8.11. The first-order valence-corrected chi connectivity index (χ1v) is 6.62. The summed E-state index contributed by atoms with van der Waals surface area (Å²) in [5.74, 6) is 4.81. The fraction of sp³-hybridized carbons (Fsp3) is 0.0909. The monoisotopic (exact) mass is 333 g/mol. The summed E-state index contributed by atoms with van der Waals surface area (Å²) >= 11 is 10.5. The fourth-order valence-corrected chi connectivity index (χ4v) is 2.54. The molecule has 2 aromatic rings. The Hall–Kier alpha value is -0.300. The van der Waals surface area contributed by atoms with Gasteiger partial charge in [0.05, 0.1) is 17.1 Å². The van der Waals surface area contributed by atoms with Crippen molar-refractivity contribution in [1.82, 2.24) is 0 Å². The number of halogens is 2. The summed E-state index contributed by atoms with van der Waals surface area (Å²) < 4.78 is 5.54. The van der Waals surface area contributed by atoms with E-state index in [1.165, 1.54) is 0 Å². The highest BCUT2D eigenvalue weighted by Gasteiger charge is 2.06. The number of hydrogen-bond acceptors (Lipinski definition) is 4. The number of fused-ring (bicyclic) bond motifs is 1. The highest BCUT2D eigenvalue weighted by atomic mass is 79.9. The highest BCUT2D eigenvalue weighted by molar-refractivity contribution is 9.10. The second-order valence-electron chi connectivity index (χ2n) is 3.48. The molecule has 0 fully saturated rings. The molecular formula is C11H9BrClNO2S. The minimum absolute atomic E-state index is 0.674. The van der Waals surface area contributed by atoms with Crippen LogP contribution in [0.4, 0.5) is 0 Å². The average Bonchev–Trinajstić information content (AvgIpc) is 2.29. The van der Waals surface area contributed by atoms with Gasteiger partial charge in [0.25, 0.3) is 0 Å². The summed E-state index contributed by atoms with van der Waals surface area (Å²) in [5, 5.41) is 2.82. The molecule has 0 saturated heterocycles. The maximum Gasteiger partial charge on any atom is 0.0705 e. The first-order valence-electron chi connectivity index (χ1n) is 4.71. The molecule has 2 rings (SSSR count). The summed E-state index contributed by atoms with van der Waals surface area (Å²) in [6, 6.07) is 7.92. The minimum atomic E-state index is 0.674. The van der Waals surface area contributed by atoms with Crippen LogP contribution in [-0.4, -0.2) is 0 Å². The summed E-state index contributed by atoms with van der Waals surface area (Å²) in [4.78, 5) is 5.02. The lowest BCUT2D eigenvalue weighted by molar-refractivity contribution is -0.195. The number of nitrogens with two attached hydrogens (primary N) is 1. The quantitative estimate of drug-likeness (QED) is 0.513. The topological polar surface area (TPSA) is 44.5 Å². The van der Waals surface area contributed by atoms with Crippen molar-refractivity contribution < 1.29 is 9.32 Å². The molecule has 0 aliphatic carbocycles. The third-order valence-corrected chi connectivity index (χ3v) is 4.30. The van der Waals surface area contributed by atoms with Crippen LogP contribution in [0.15, 0.2) is 33.6 Å². The molecule has 0 spiro atoms. The van der Waals surface area contributed by atoms with Crippen molar-refractivity contribution >= 4 is 50.3 Å². The lowest BCUT2D eigenvalue weighted by atomic mass is 10.1. The van der Waals surface area contributed by atoms with E-state index < -0.39 is 0 Å². The van der Waals surface area contributed by atoms with E-state index in [4.69, 9.17) is 17.5 Å².